The van der Waals surface area contributed by atoms with Crippen LogP contribution in [0, 0.1) is 20.8 Å². The van der Waals surface area contributed by atoms with E-state index in [1.54, 1.807) is 0 Å². The van der Waals surface area contributed by atoms with Crippen LogP contribution < -0.4 is 4.74 Å². The lowest BCUT2D eigenvalue weighted by Gasteiger charge is -2.18. The molecule has 21 heavy (non-hydrogen) atoms. The number of hydrogen-bond acceptors (Lipinski definition) is 2. The normalized spacial score (nSPS) is 15.8. The van der Waals surface area contributed by atoms with E-state index in [1.807, 2.05) is 24.3 Å². The van der Waals surface area contributed by atoms with E-state index in [1.165, 1.54) is 5.56 Å². The zero-order valence-corrected chi connectivity index (χ0v) is 12.9. The van der Waals surface area contributed by atoms with Gasteiger partial charge in [0.15, 0.2) is 0 Å². The molecule has 1 unspecified atom stereocenters. The van der Waals surface area contributed by atoms with Gasteiger partial charge in [-0.3, -0.25) is 0 Å². The Kier molecular flexibility index (Phi) is 3.73. The fraction of sp³-hybridized carbons (Fsp3) is 0.368. The van der Waals surface area contributed by atoms with Crippen LogP contribution in [0.4, 0.5) is 0 Å². The maximum atomic E-state index is 10.7. The van der Waals surface area contributed by atoms with Crippen LogP contribution in [0.15, 0.2) is 36.4 Å². The second-order valence-corrected chi connectivity index (χ2v) is 6.10. The first kappa shape index (κ1) is 14.2. The maximum Gasteiger partial charge on any atom is 0.119 e. The van der Waals surface area contributed by atoms with Gasteiger partial charge in [-0.05, 0) is 68.0 Å². The first-order valence-electron chi connectivity index (χ1n) is 7.57. The number of aryl methyl sites for hydroxylation is 3. The average Bonchev–Trinajstić information content (AvgIpc) is 3.22. The molecule has 1 N–H and O–H groups in total. The van der Waals surface area contributed by atoms with Gasteiger partial charge in [-0.1, -0.05) is 29.8 Å². The lowest BCUT2D eigenvalue weighted by atomic mass is 9.92. The molecule has 2 heteroatoms. The summed E-state index contributed by atoms with van der Waals surface area (Å²) < 4.78 is 5.75. The Morgan fingerprint density at radius 1 is 1.00 bits per heavy atom. The molecule has 0 aromatic heterocycles. The highest BCUT2D eigenvalue weighted by Crippen LogP contribution is 2.31. The van der Waals surface area contributed by atoms with Gasteiger partial charge in [0.2, 0.25) is 0 Å². The minimum Gasteiger partial charge on any atom is -0.490 e. The summed E-state index contributed by atoms with van der Waals surface area (Å²) in [5.74, 6) is 0.894. The minimum absolute atomic E-state index is 0.405. The molecule has 1 saturated carbocycles. The molecular formula is C19H22O2. The zero-order chi connectivity index (χ0) is 15.0. The fourth-order valence-electron chi connectivity index (χ4n) is 2.90. The molecule has 3 rings (SSSR count). The van der Waals surface area contributed by atoms with Gasteiger partial charge in [-0.2, -0.15) is 0 Å². The summed E-state index contributed by atoms with van der Waals surface area (Å²) in [7, 11) is 0. The molecule has 0 amide bonds. The van der Waals surface area contributed by atoms with Crippen LogP contribution in [-0.2, 0) is 0 Å². The summed E-state index contributed by atoms with van der Waals surface area (Å²) in [6.45, 7) is 6.20. The molecular weight excluding hydrogens is 260 g/mol. The molecule has 2 aromatic rings. The average molecular weight is 282 g/mol. The zero-order valence-electron chi connectivity index (χ0n) is 12.9. The highest BCUT2D eigenvalue weighted by molar-refractivity contribution is 5.43. The second-order valence-electron chi connectivity index (χ2n) is 6.10. The van der Waals surface area contributed by atoms with Crippen LogP contribution >= 0.6 is 0 Å². The van der Waals surface area contributed by atoms with Gasteiger partial charge in [-0.15, -0.1) is 0 Å². The van der Waals surface area contributed by atoms with Crippen LogP contribution in [-0.4, -0.2) is 11.2 Å². The molecule has 1 aliphatic rings. The van der Waals surface area contributed by atoms with E-state index >= 15 is 0 Å². The van der Waals surface area contributed by atoms with E-state index in [9.17, 15) is 5.11 Å². The van der Waals surface area contributed by atoms with Crippen molar-refractivity contribution in [1.29, 1.82) is 0 Å². The van der Waals surface area contributed by atoms with Crippen LogP contribution in [0.3, 0.4) is 0 Å². The summed E-state index contributed by atoms with van der Waals surface area (Å²) >= 11 is 0. The van der Waals surface area contributed by atoms with Crippen molar-refractivity contribution in [3.8, 4) is 5.75 Å². The van der Waals surface area contributed by atoms with Gasteiger partial charge < -0.3 is 9.84 Å². The second kappa shape index (κ2) is 5.53. The number of ether oxygens (including phenoxy) is 1. The van der Waals surface area contributed by atoms with E-state index in [4.69, 9.17) is 4.74 Å². The topological polar surface area (TPSA) is 29.5 Å². The molecule has 110 valence electrons. The summed E-state index contributed by atoms with van der Waals surface area (Å²) in [6.07, 6.45) is 2.14. The van der Waals surface area contributed by atoms with Gasteiger partial charge in [0.25, 0.3) is 0 Å². The highest BCUT2D eigenvalue weighted by atomic mass is 16.5. The largest absolute Gasteiger partial charge is 0.490 e. The van der Waals surface area contributed by atoms with E-state index in [0.717, 1.165) is 40.8 Å². The van der Waals surface area contributed by atoms with Crippen molar-refractivity contribution < 1.29 is 9.84 Å². The number of benzene rings is 2. The Morgan fingerprint density at radius 2 is 1.57 bits per heavy atom. The number of aliphatic hydroxyl groups is 1. The third kappa shape index (κ3) is 3.11. The number of hydrogen-bond donors (Lipinski definition) is 1. The molecule has 1 fully saturated rings. The lowest BCUT2D eigenvalue weighted by molar-refractivity contribution is 0.218. The molecule has 0 spiro atoms. The summed E-state index contributed by atoms with van der Waals surface area (Å²) in [5.41, 5.74) is 5.43. The molecule has 0 aliphatic heterocycles. The van der Waals surface area contributed by atoms with Crippen molar-refractivity contribution in [3.05, 3.63) is 64.2 Å². The quantitative estimate of drug-likeness (QED) is 0.909. The van der Waals surface area contributed by atoms with Crippen molar-refractivity contribution in [1.82, 2.24) is 0 Å². The molecule has 2 aromatic carbocycles. The van der Waals surface area contributed by atoms with Crippen molar-refractivity contribution in [2.24, 2.45) is 0 Å². The summed E-state index contributed by atoms with van der Waals surface area (Å²) in [4.78, 5) is 0. The molecule has 0 bridgehead atoms. The minimum atomic E-state index is -0.583. The van der Waals surface area contributed by atoms with Crippen LogP contribution in [0.5, 0.6) is 5.75 Å². The van der Waals surface area contributed by atoms with Crippen molar-refractivity contribution >= 4 is 0 Å². The lowest BCUT2D eigenvalue weighted by Crippen LogP contribution is -2.05. The maximum absolute atomic E-state index is 10.7. The van der Waals surface area contributed by atoms with E-state index in [2.05, 4.69) is 32.9 Å². The first-order chi connectivity index (χ1) is 10.0. The molecule has 2 nitrogen and oxygen atoms in total. The standard InChI is InChI=1S/C19H22O2/c1-12-10-13(2)18(14(3)11-12)19(20)15-4-6-16(7-5-15)21-17-8-9-17/h4-7,10-11,17,19-20H,8-9H2,1-3H3. The van der Waals surface area contributed by atoms with E-state index in [-0.39, 0.29) is 0 Å². The monoisotopic (exact) mass is 282 g/mol. The van der Waals surface area contributed by atoms with Crippen LogP contribution in [0.2, 0.25) is 0 Å². The van der Waals surface area contributed by atoms with Gasteiger partial charge >= 0.3 is 0 Å². The molecule has 1 aliphatic carbocycles. The predicted molar refractivity (Wildman–Crippen MR) is 84.8 cm³/mol. The van der Waals surface area contributed by atoms with Gasteiger partial charge in [0.05, 0.1) is 6.10 Å². The molecule has 0 saturated heterocycles. The summed E-state index contributed by atoms with van der Waals surface area (Å²) in [5, 5.41) is 10.7. The van der Waals surface area contributed by atoms with Gasteiger partial charge in [0, 0.05) is 0 Å². The predicted octanol–water partition coefficient (Wildman–Crippen LogP) is 4.23. The molecule has 1 atom stereocenters. The smallest absolute Gasteiger partial charge is 0.119 e. The van der Waals surface area contributed by atoms with Crippen LogP contribution in [0.25, 0.3) is 0 Å². The first-order valence-corrected chi connectivity index (χ1v) is 7.57. The van der Waals surface area contributed by atoms with Gasteiger partial charge in [0.1, 0.15) is 11.9 Å². The third-order valence-corrected chi connectivity index (χ3v) is 4.03. The molecule has 0 heterocycles. The third-order valence-electron chi connectivity index (χ3n) is 4.03. The van der Waals surface area contributed by atoms with Crippen molar-refractivity contribution in [2.75, 3.05) is 0 Å². The highest BCUT2D eigenvalue weighted by Gasteiger charge is 2.23. The molecule has 0 radical (unpaired) electrons. The SMILES string of the molecule is Cc1cc(C)c(C(O)c2ccc(OC3CC3)cc2)c(C)c1. The Labute approximate surface area is 126 Å². The van der Waals surface area contributed by atoms with Crippen molar-refractivity contribution in [3.63, 3.8) is 0 Å². The Hall–Kier alpha value is -1.80. The van der Waals surface area contributed by atoms with Gasteiger partial charge in [-0.25, -0.2) is 0 Å². The Balaban J connectivity index is 1.85. The van der Waals surface area contributed by atoms with E-state index < -0.39 is 6.10 Å². The Bertz CT molecular complexity index is 616. The number of aliphatic hydroxyl groups excluding tert-OH is 1. The number of rotatable bonds is 4. The van der Waals surface area contributed by atoms with Crippen LogP contribution in [0.1, 0.15) is 46.8 Å². The fourth-order valence-corrected chi connectivity index (χ4v) is 2.90. The van der Waals surface area contributed by atoms with Crippen molar-refractivity contribution in [2.45, 2.75) is 45.8 Å². The summed E-state index contributed by atoms with van der Waals surface area (Å²) in [6, 6.07) is 12.1. The van der Waals surface area contributed by atoms with E-state index in [0.29, 0.717) is 6.10 Å². The Morgan fingerprint density at radius 3 is 2.10 bits per heavy atom.